The number of allylic oxidation sites excluding steroid dienone is 1. The minimum absolute atomic E-state index is 0.206. The van der Waals surface area contributed by atoms with Crippen molar-refractivity contribution in [1.82, 2.24) is 4.98 Å². The van der Waals surface area contributed by atoms with E-state index in [1.54, 1.807) is 12.1 Å². The number of hydrogen-bond acceptors (Lipinski definition) is 2. The van der Waals surface area contributed by atoms with Gasteiger partial charge in [-0.3, -0.25) is 9.78 Å². The van der Waals surface area contributed by atoms with Crippen LogP contribution in [0.1, 0.15) is 32.7 Å². The van der Waals surface area contributed by atoms with Crippen LogP contribution in [-0.4, -0.2) is 10.8 Å². The van der Waals surface area contributed by atoms with Crippen molar-refractivity contribution in [3.8, 4) is 0 Å². The number of rotatable bonds is 3. The third-order valence-corrected chi connectivity index (χ3v) is 3.30. The fourth-order valence-corrected chi connectivity index (χ4v) is 1.83. The fraction of sp³-hybridized carbons (Fsp3) is 0.176. The Morgan fingerprint density at radius 2 is 1.82 bits per heavy atom. The molecule has 0 aliphatic carbocycles. The number of carbonyl (C=O) groups is 1. The Labute approximate surface area is 126 Å². The zero-order valence-corrected chi connectivity index (χ0v) is 12.1. The molecule has 1 heterocycles. The number of carbonyl (C=O) groups excluding carboxylic acids is 1. The number of hydrogen-bond donors (Lipinski definition) is 0. The second kappa shape index (κ2) is 6.13. The molecule has 1 aromatic heterocycles. The number of alkyl halides is 3. The van der Waals surface area contributed by atoms with Crippen LogP contribution in [0.25, 0.3) is 6.08 Å². The molecule has 0 spiro atoms. The van der Waals surface area contributed by atoms with E-state index >= 15 is 0 Å². The molecule has 0 aliphatic rings. The summed E-state index contributed by atoms with van der Waals surface area (Å²) in [7, 11) is 0. The summed E-state index contributed by atoms with van der Waals surface area (Å²) in [6.07, 6.45) is -0.594. The van der Waals surface area contributed by atoms with Gasteiger partial charge in [0, 0.05) is 11.8 Å². The van der Waals surface area contributed by atoms with E-state index in [2.05, 4.69) is 4.98 Å². The zero-order chi connectivity index (χ0) is 16.3. The molecule has 1 aromatic carbocycles. The third kappa shape index (κ3) is 3.81. The SMILES string of the molecule is Cc1ccc(C(=O)C=Cc2ccc(C(F)(F)F)nc2)cc1C. The zero-order valence-electron chi connectivity index (χ0n) is 12.1. The summed E-state index contributed by atoms with van der Waals surface area (Å²) in [5, 5.41) is 0. The van der Waals surface area contributed by atoms with Crippen molar-refractivity contribution in [3.63, 3.8) is 0 Å². The minimum Gasteiger partial charge on any atom is -0.289 e. The Hall–Kier alpha value is -2.43. The van der Waals surface area contributed by atoms with E-state index in [-0.39, 0.29) is 5.78 Å². The van der Waals surface area contributed by atoms with Crippen LogP contribution in [0.5, 0.6) is 0 Å². The number of ketones is 1. The molecule has 0 fully saturated rings. The molecule has 0 unspecified atom stereocenters. The van der Waals surface area contributed by atoms with Crippen LogP contribution in [0.4, 0.5) is 13.2 Å². The van der Waals surface area contributed by atoms with E-state index < -0.39 is 11.9 Å². The maximum Gasteiger partial charge on any atom is 0.433 e. The normalized spacial score (nSPS) is 11.9. The van der Waals surface area contributed by atoms with Gasteiger partial charge in [0.2, 0.25) is 0 Å². The Morgan fingerprint density at radius 3 is 2.36 bits per heavy atom. The molecule has 0 aliphatic heterocycles. The second-order valence-corrected chi connectivity index (χ2v) is 4.97. The summed E-state index contributed by atoms with van der Waals surface area (Å²) in [4.78, 5) is 15.4. The molecule has 2 nitrogen and oxygen atoms in total. The van der Waals surface area contributed by atoms with Gasteiger partial charge < -0.3 is 0 Å². The van der Waals surface area contributed by atoms with E-state index in [0.29, 0.717) is 11.1 Å². The molecule has 5 heteroatoms. The predicted octanol–water partition coefficient (Wildman–Crippen LogP) is 4.61. The van der Waals surface area contributed by atoms with Gasteiger partial charge in [0.25, 0.3) is 0 Å². The number of aromatic nitrogens is 1. The molecule has 0 atom stereocenters. The molecule has 2 rings (SSSR count). The summed E-state index contributed by atoms with van der Waals surface area (Å²) < 4.78 is 37.2. The smallest absolute Gasteiger partial charge is 0.289 e. The van der Waals surface area contributed by atoms with Crippen LogP contribution < -0.4 is 0 Å². The molecule has 0 bridgehead atoms. The van der Waals surface area contributed by atoms with Gasteiger partial charge in [0.15, 0.2) is 5.78 Å². The van der Waals surface area contributed by atoms with Gasteiger partial charge in [-0.2, -0.15) is 13.2 Å². The van der Waals surface area contributed by atoms with Crippen molar-refractivity contribution in [2.45, 2.75) is 20.0 Å². The number of benzene rings is 1. The maximum absolute atomic E-state index is 12.4. The summed E-state index contributed by atoms with van der Waals surface area (Å²) in [6, 6.07) is 7.53. The highest BCUT2D eigenvalue weighted by atomic mass is 19.4. The lowest BCUT2D eigenvalue weighted by molar-refractivity contribution is -0.141. The average Bonchev–Trinajstić information content (AvgIpc) is 2.47. The lowest BCUT2D eigenvalue weighted by atomic mass is 10.0. The summed E-state index contributed by atoms with van der Waals surface area (Å²) in [5.74, 6) is -0.206. The van der Waals surface area contributed by atoms with Crippen LogP contribution >= 0.6 is 0 Å². The van der Waals surface area contributed by atoms with Gasteiger partial charge in [0.05, 0.1) is 0 Å². The van der Waals surface area contributed by atoms with Gasteiger partial charge in [-0.25, -0.2) is 0 Å². The molecule has 22 heavy (non-hydrogen) atoms. The second-order valence-electron chi connectivity index (χ2n) is 4.97. The van der Waals surface area contributed by atoms with Crippen LogP contribution in [0.2, 0.25) is 0 Å². The Balaban J connectivity index is 2.14. The van der Waals surface area contributed by atoms with E-state index in [9.17, 15) is 18.0 Å². The van der Waals surface area contributed by atoms with Crippen molar-refractivity contribution >= 4 is 11.9 Å². The monoisotopic (exact) mass is 305 g/mol. The molecule has 0 saturated carbocycles. The van der Waals surface area contributed by atoms with Crippen molar-refractivity contribution < 1.29 is 18.0 Å². The Kier molecular flexibility index (Phi) is 4.45. The predicted molar refractivity (Wildman–Crippen MR) is 78.5 cm³/mol. The first-order chi connectivity index (χ1) is 10.3. The van der Waals surface area contributed by atoms with Crippen LogP contribution in [-0.2, 0) is 6.18 Å². The largest absolute Gasteiger partial charge is 0.433 e. The van der Waals surface area contributed by atoms with Crippen LogP contribution in [0.3, 0.4) is 0 Å². The third-order valence-electron chi connectivity index (χ3n) is 3.30. The van der Waals surface area contributed by atoms with Crippen molar-refractivity contribution in [2.75, 3.05) is 0 Å². The summed E-state index contributed by atoms with van der Waals surface area (Å²) in [5.41, 5.74) is 2.12. The lowest BCUT2D eigenvalue weighted by Crippen LogP contribution is -2.07. The summed E-state index contributed by atoms with van der Waals surface area (Å²) in [6.45, 7) is 3.86. The van der Waals surface area contributed by atoms with Crippen molar-refractivity contribution in [2.24, 2.45) is 0 Å². The highest BCUT2D eigenvalue weighted by Crippen LogP contribution is 2.27. The average molecular weight is 305 g/mol. The number of pyridine rings is 1. The molecule has 0 radical (unpaired) electrons. The molecule has 2 aromatic rings. The van der Waals surface area contributed by atoms with Gasteiger partial charge in [-0.15, -0.1) is 0 Å². The van der Waals surface area contributed by atoms with E-state index in [4.69, 9.17) is 0 Å². The van der Waals surface area contributed by atoms with E-state index in [1.807, 2.05) is 19.9 Å². The number of nitrogens with zero attached hydrogens (tertiary/aromatic N) is 1. The van der Waals surface area contributed by atoms with Gasteiger partial charge >= 0.3 is 6.18 Å². The molecule has 0 N–H and O–H groups in total. The Morgan fingerprint density at radius 1 is 1.09 bits per heavy atom. The van der Waals surface area contributed by atoms with E-state index in [1.165, 1.54) is 18.2 Å². The minimum atomic E-state index is -4.46. The first-order valence-corrected chi connectivity index (χ1v) is 6.60. The standard InChI is InChI=1S/C17H14F3NO/c1-11-3-6-14(9-12(11)2)15(22)7-4-13-5-8-16(21-10-13)17(18,19)20/h3-10H,1-2H3. The highest BCUT2D eigenvalue weighted by molar-refractivity contribution is 6.06. The number of halogens is 3. The van der Waals surface area contributed by atoms with E-state index in [0.717, 1.165) is 23.4 Å². The number of aryl methyl sites for hydroxylation is 2. The quantitative estimate of drug-likeness (QED) is 0.612. The van der Waals surface area contributed by atoms with Gasteiger partial charge in [-0.05, 0) is 54.8 Å². The van der Waals surface area contributed by atoms with Crippen LogP contribution in [0, 0.1) is 13.8 Å². The molecular formula is C17H14F3NO. The van der Waals surface area contributed by atoms with Crippen LogP contribution in [0.15, 0.2) is 42.6 Å². The Bertz CT molecular complexity index is 716. The fourth-order valence-electron chi connectivity index (χ4n) is 1.83. The van der Waals surface area contributed by atoms with Crippen molar-refractivity contribution in [3.05, 3.63) is 70.6 Å². The molecular weight excluding hydrogens is 291 g/mol. The van der Waals surface area contributed by atoms with Crippen molar-refractivity contribution in [1.29, 1.82) is 0 Å². The highest BCUT2D eigenvalue weighted by Gasteiger charge is 2.31. The molecule has 0 amide bonds. The first kappa shape index (κ1) is 15.9. The summed E-state index contributed by atoms with van der Waals surface area (Å²) >= 11 is 0. The van der Waals surface area contributed by atoms with Gasteiger partial charge in [-0.1, -0.05) is 18.2 Å². The lowest BCUT2D eigenvalue weighted by Gasteiger charge is -2.04. The van der Waals surface area contributed by atoms with Gasteiger partial charge in [0.1, 0.15) is 5.69 Å². The topological polar surface area (TPSA) is 30.0 Å². The first-order valence-electron chi connectivity index (χ1n) is 6.60. The molecule has 114 valence electrons. The maximum atomic E-state index is 12.4. The molecule has 0 saturated heterocycles.